The smallest absolute Gasteiger partial charge is 0.330 e. The first-order chi connectivity index (χ1) is 6.57. The van der Waals surface area contributed by atoms with E-state index in [4.69, 9.17) is 16.3 Å². The van der Waals surface area contributed by atoms with E-state index in [1.807, 2.05) is 20.8 Å². The molecular formula is C11H19ClO2. The Kier molecular flexibility index (Phi) is 7.58. The number of unbranched alkanes of at least 4 members (excludes halogenated alkanes) is 1. The van der Waals surface area contributed by atoms with Crippen molar-refractivity contribution >= 4 is 17.6 Å². The molecule has 0 aromatic rings. The van der Waals surface area contributed by atoms with Crippen molar-refractivity contribution in [1.82, 2.24) is 0 Å². The number of ether oxygens (including phenoxy) is 1. The first-order valence-corrected chi connectivity index (χ1v) is 5.52. The lowest BCUT2D eigenvalue weighted by molar-refractivity contribution is -0.137. The van der Waals surface area contributed by atoms with Crippen LogP contribution in [-0.2, 0) is 9.53 Å². The molecular weight excluding hydrogens is 200 g/mol. The molecule has 3 heteroatoms. The molecule has 0 radical (unpaired) electrons. The van der Waals surface area contributed by atoms with Crippen molar-refractivity contribution in [3.05, 3.63) is 11.6 Å². The number of hydrogen-bond acceptors (Lipinski definition) is 2. The Morgan fingerprint density at radius 3 is 2.57 bits per heavy atom. The summed E-state index contributed by atoms with van der Waals surface area (Å²) >= 11 is 5.49. The molecule has 0 spiro atoms. The second-order valence-corrected chi connectivity index (χ2v) is 3.98. The Bertz CT molecular complexity index is 197. The second-order valence-electron chi connectivity index (χ2n) is 3.61. The van der Waals surface area contributed by atoms with E-state index in [0.29, 0.717) is 18.4 Å². The fourth-order valence-corrected chi connectivity index (χ4v) is 0.953. The minimum atomic E-state index is -0.245. The van der Waals surface area contributed by atoms with E-state index < -0.39 is 0 Å². The lowest BCUT2D eigenvalue weighted by Crippen LogP contribution is -2.04. The van der Waals surface area contributed by atoms with Gasteiger partial charge in [-0.2, -0.15) is 0 Å². The third kappa shape index (κ3) is 6.96. The molecule has 0 aromatic heterocycles. The van der Waals surface area contributed by atoms with Gasteiger partial charge in [0.2, 0.25) is 0 Å². The molecule has 0 amide bonds. The van der Waals surface area contributed by atoms with Crippen LogP contribution in [0.2, 0.25) is 0 Å². The molecule has 0 unspecified atom stereocenters. The highest BCUT2D eigenvalue weighted by molar-refractivity contribution is 6.17. The number of alkyl halides is 1. The summed E-state index contributed by atoms with van der Waals surface area (Å²) in [5, 5.41) is 0. The van der Waals surface area contributed by atoms with Gasteiger partial charge in [-0.15, -0.1) is 11.6 Å². The van der Waals surface area contributed by atoms with Gasteiger partial charge in [0.15, 0.2) is 0 Å². The van der Waals surface area contributed by atoms with Gasteiger partial charge in [-0.3, -0.25) is 0 Å². The van der Waals surface area contributed by atoms with Crippen LogP contribution in [0.25, 0.3) is 0 Å². The molecule has 0 fully saturated rings. The Hall–Kier alpha value is -0.500. The third-order valence-electron chi connectivity index (χ3n) is 2.03. The first-order valence-electron chi connectivity index (χ1n) is 4.98. The van der Waals surface area contributed by atoms with Gasteiger partial charge in [-0.25, -0.2) is 4.79 Å². The van der Waals surface area contributed by atoms with E-state index in [2.05, 4.69) is 0 Å². The highest BCUT2D eigenvalue weighted by atomic mass is 35.5. The molecule has 0 aromatic carbocycles. The molecule has 0 rings (SSSR count). The maximum absolute atomic E-state index is 11.2. The maximum atomic E-state index is 11.2. The third-order valence-corrected chi connectivity index (χ3v) is 2.30. The van der Waals surface area contributed by atoms with Gasteiger partial charge >= 0.3 is 5.97 Å². The Labute approximate surface area is 91.3 Å². The summed E-state index contributed by atoms with van der Waals surface area (Å²) in [7, 11) is 0. The monoisotopic (exact) mass is 218 g/mol. The van der Waals surface area contributed by atoms with Crippen molar-refractivity contribution in [2.45, 2.75) is 33.6 Å². The lowest BCUT2D eigenvalue weighted by atomic mass is 10.1. The van der Waals surface area contributed by atoms with Gasteiger partial charge in [-0.1, -0.05) is 19.4 Å². The molecule has 0 bridgehead atoms. The topological polar surface area (TPSA) is 26.3 Å². The van der Waals surface area contributed by atoms with E-state index >= 15 is 0 Å². The van der Waals surface area contributed by atoms with E-state index in [1.54, 1.807) is 6.08 Å². The zero-order valence-corrected chi connectivity index (χ0v) is 9.93. The van der Waals surface area contributed by atoms with Crippen molar-refractivity contribution in [3.8, 4) is 0 Å². The molecule has 0 aliphatic rings. The maximum Gasteiger partial charge on any atom is 0.330 e. The zero-order chi connectivity index (χ0) is 11.0. The van der Waals surface area contributed by atoms with Gasteiger partial charge in [-0.05, 0) is 25.7 Å². The van der Waals surface area contributed by atoms with Gasteiger partial charge in [0.1, 0.15) is 0 Å². The average molecular weight is 219 g/mol. The minimum absolute atomic E-state index is 0.245. The van der Waals surface area contributed by atoms with E-state index in [9.17, 15) is 4.79 Å². The zero-order valence-electron chi connectivity index (χ0n) is 9.18. The van der Waals surface area contributed by atoms with Gasteiger partial charge in [0.05, 0.1) is 6.61 Å². The summed E-state index contributed by atoms with van der Waals surface area (Å²) in [5.41, 5.74) is 1.05. The number of carbonyl (C=O) groups is 1. The van der Waals surface area contributed by atoms with Crippen LogP contribution in [0, 0.1) is 5.92 Å². The predicted molar refractivity (Wildman–Crippen MR) is 59.5 cm³/mol. The largest absolute Gasteiger partial charge is 0.463 e. The van der Waals surface area contributed by atoms with Crippen molar-refractivity contribution < 1.29 is 9.53 Å². The Balaban J connectivity index is 3.70. The summed E-state index contributed by atoms with van der Waals surface area (Å²) < 4.78 is 4.99. The van der Waals surface area contributed by atoms with Crippen molar-refractivity contribution in [2.75, 3.05) is 12.5 Å². The molecule has 0 saturated heterocycles. The van der Waals surface area contributed by atoms with Crippen LogP contribution in [0.1, 0.15) is 33.6 Å². The minimum Gasteiger partial charge on any atom is -0.463 e. The van der Waals surface area contributed by atoms with E-state index in [1.165, 1.54) is 0 Å². The molecule has 0 aliphatic carbocycles. The van der Waals surface area contributed by atoms with Crippen LogP contribution in [0.15, 0.2) is 11.6 Å². The molecule has 2 nitrogen and oxygen atoms in total. The number of esters is 1. The number of rotatable bonds is 6. The molecule has 0 saturated carbocycles. The van der Waals surface area contributed by atoms with Gasteiger partial charge in [0.25, 0.3) is 0 Å². The summed E-state index contributed by atoms with van der Waals surface area (Å²) in [5.74, 6) is 0.773. The quantitative estimate of drug-likeness (QED) is 0.296. The highest BCUT2D eigenvalue weighted by Gasteiger charge is 2.01. The predicted octanol–water partition coefficient (Wildman–Crippen LogP) is 3.15. The summed E-state index contributed by atoms with van der Waals surface area (Å²) in [6, 6.07) is 0. The standard InChI is InChI=1S/C11H19ClO2/c1-9(2)10(3)8-11(13)14-7-5-4-6-12/h8-9H,4-7H2,1-3H3. The highest BCUT2D eigenvalue weighted by Crippen LogP contribution is 2.07. The van der Waals surface area contributed by atoms with Crippen LogP contribution >= 0.6 is 11.6 Å². The Morgan fingerprint density at radius 1 is 1.43 bits per heavy atom. The van der Waals surface area contributed by atoms with Crippen molar-refractivity contribution in [1.29, 1.82) is 0 Å². The summed E-state index contributed by atoms with van der Waals surface area (Å²) in [6.07, 6.45) is 3.29. The van der Waals surface area contributed by atoms with E-state index in [-0.39, 0.29) is 5.97 Å². The molecule has 82 valence electrons. The normalized spacial score (nSPS) is 11.9. The number of allylic oxidation sites excluding steroid dienone is 1. The molecule has 0 N–H and O–H groups in total. The number of halogens is 1. The fraction of sp³-hybridized carbons (Fsp3) is 0.727. The lowest BCUT2D eigenvalue weighted by Gasteiger charge is -2.05. The van der Waals surface area contributed by atoms with Crippen LogP contribution in [0.4, 0.5) is 0 Å². The first kappa shape index (κ1) is 13.5. The summed E-state index contributed by atoms with van der Waals surface area (Å²) in [4.78, 5) is 11.2. The molecule has 14 heavy (non-hydrogen) atoms. The SMILES string of the molecule is CC(=CC(=O)OCCCCCl)C(C)C. The second kappa shape index (κ2) is 7.86. The fourth-order valence-electron chi connectivity index (χ4n) is 0.764. The van der Waals surface area contributed by atoms with E-state index in [0.717, 1.165) is 18.4 Å². The molecule has 0 heterocycles. The molecule has 0 aliphatic heterocycles. The van der Waals surface area contributed by atoms with Crippen molar-refractivity contribution in [2.24, 2.45) is 5.92 Å². The van der Waals surface area contributed by atoms with Crippen LogP contribution in [0.5, 0.6) is 0 Å². The summed E-state index contributed by atoms with van der Waals surface area (Å²) in [6.45, 7) is 6.50. The van der Waals surface area contributed by atoms with Gasteiger partial charge in [0, 0.05) is 12.0 Å². The Morgan fingerprint density at radius 2 is 2.07 bits per heavy atom. The van der Waals surface area contributed by atoms with Crippen LogP contribution in [-0.4, -0.2) is 18.5 Å². The number of carbonyl (C=O) groups excluding carboxylic acids is 1. The van der Waals surface area contributed by atoms with Crippen LogP contribution in [0.3, 0.4) is 0 Å². The van der Waals surface area contributed by atoms with Crippen molar-refractivity contribution in [3.63, 3.8) is 0 Å². The molecule has 0 atom stereocenters. The van der Waals surface area contributed by atoms with Crippen LogP contribution < -0.4 is 0 Å². The average Bonchev–Trinajstić information content (AvgIpc) is 2.12. The van der Waals surface area contributed by atoms with Gasteiger partial charge < -0.3 is 4.74 Å². The number of hydrogen-bond donors (Lipinski definition) is 0.